The maximum Gasteiger partial charge on any atom is 0.0502 e. The average Bonchev–Trinajstić information content (AvgIpc) is 3.52. The van der Waals surface area contributed by atoms with Crippen LogP contribution in [0.1, 0.15) is 25.0 Å². The summed E-state index contributed by atoms with van der Waals surface area (Å²) in [6.45, 7) is 4.69. The Bertz CT molecular complexity index is 2340. The molecule has 48 heavy (non-hydrogen) atoms. The number of rotatable bonds is 5. The molecule has 0 saturated heterocycles. The minimum absolute atomic E-state index is 0.106. The van der Waals surface area contributed by atoms with Crippen molar-refractivity contribution in [3.63, 3.8) is 0 Å². The minimum Gasteiger partial charge on any atom is -0.311 e. The summed E-state index contributed by atoms with van der Waals surface area (Å²) in [5.41, 5.74) is 12.1. The van der Waals surface area contributed by atoms with Crippen molar-refractivity contribution in [2.45, 2.75) is 19.3 Å². The number of hydrogen-bond donors (Lipinski definition) is 0. The van der Waals surface area contributed by atoms with E-state index in [0.717, 1.165) is 17.1 Å². The van der Waals surface area contributed by atoms with Crippen molar-refractivity contribution in [3.05, 3.63) is 181 Å². The molecule has 2 heterocycles. The predicted molar refractivity (Wildman–Crippen MR) is 206 cm³/mol. The van der Waals surface area contributed by atoms with Crippen molar-refractivity contribution < 1.29 is 0 Å². The first-order valence-corrected chi connectivity index (χ1v) is 17.3. The van der Waals surface area contributed by atoms with Gasteiger partial charge in [-0.05, 0) is 83.4 Å². The van der Waals surface area contributed by atoms with E-state index in [0.29, 0.717) is 0 Å². The molecule has 230 valence electrons. The maximum atomic E-state index is 2.48. The van der Waals surface area contributed by atoms with Gasteiger partial charge in [0.25, 0.3) is 0 Å². The van der Waals surface area contributed by atoms with Gasteiger partial charge in [-0.2, -0.15) is 0 Å². The van der Waals surface area contributed by atoms with E-state index in [9.17, 15) is 0 Å². The van der Waals surface area contributed by atoms with Gasteiger partial charge in [-0.15, -0.1) is 11.3 Å². The van der Waals surface area contributed by atoms with Crippen LogP contribution in [0.3, 0.4) is 0 Å². The zero-order chi connectivity index (χ0) is 32.2. The molecule has 0 saturated carbocycles. The average molecular weight is 635 g/mol. The van der Waals surface area contributed by atoms with E-state index in [1.807, 2.05) is 11.3 Å². The van der Waals surface area contributed by atoms with Crippen molar-refractivity contribution in [2.75, 3.05) is 9.80 Å². The van der Waals surface area contributed by atoms with Gasteiger partial charge in [-0.25, -0.2) is 0 Å². The second kappa shape index (κ2) is 11.3. The SMILES string of the molecule is CC1(C)c2ccccc2N(c2cc(-c3ccc(N(c4ccccc4)c4ccccc4)cc3)c3sc4ccccc4c3c2)c2ccccc21. The molecule has 0 unspecified atom stereocenters. The molecule has 1 aliphatic rings. The lowest BCUT2D eigenvalue weighted by Crippen LogP contribution is -2.30. The van der Waals surface area contributed by atoms with Crippen LogP contribution in [-0.2, 0) is 5.41 Å². The zero-order valence-corrected chi connectivity index (χ0v) is 27.8. The van der Waals surface area contributed by atoms with Gasteiger partial charge in [0, 0.05) is 53.9 Å². The minimum atomic E-state index is -0.106. The molecule has 2 nitrogen and oxygen atoms in total. The number of benzene rings is 7. The predicted octanol–water partition coefficient (Wildman–Crippen LogP) is 13.3. The Morgan fingerprint density at radius 1 is 0.500 bits per heavy atom. The topological polar surface area (TPSA) is 6.48 Å². The van der Waals surface area contributed by atoms with Crippen LogP contribution in [0.2, 0.25) is 0 Å². The molecule has 8 aromatic rings. The van der Waals surface area contributed by atoms with E-state index in [4.69, 9.17) is 0 Å². The summed E-state index contributed by atoms with van der Waals surface area (Å²) in [7, 11) is 0. The number of anilines is 6. The summed E-state index contributed by atoms with van der Waals surface area (Å²) in [6, 6.07) is 61.7. The molecular formula is C45H34N2S. The lowest BCUT2D eigenvalue weighted by atomic mass is 9.73. The molecule has 9 rings (SSSR count). The van der Waals surface area contributed by atoms with Crippen LogP contribution in [0, 0.1) is 0 Å². The third kappa shape index (κ3) is 4.54. The van der Waals surface area contributed by atoms with E-state index in [1.54, 1.807) is 0 Å². The Morgan fingerprint density at radius 3 is 1.65 bits per heavy atom. The van der Waals surface area contributed by atoms with Crippen LogP contribution in [0.15, 0.2) is 170 Å². The summed E-state index contributed by atoms with van der Waals surface area (Å²) in [4.78, 5) is 4.80. The Kier molecular flexibility index (Phi) is 6.70. The van der Waals surface area contributed by atoms with Crippen molar-refractivity contribution in [3.8, 4) is 11.1 Å². The van der Waals surface area contributed by atoms with Crippen LogP contribution >= 0.6 is 11.3 Å². The molecule has 0 fully saturated rings. The summed E-state index contributed by atoms with van der Waals surface area (Å²) < 4.78 is 2.62. The molecule has 0 spiro atoms. The second-order valence-electron chi connectivity index (χ2n) is 13.0. The summed E-state index contributed by atoms with van der Waals surface area (Å²) >= 11 is 1.88. The largest absolute Gasteiger partial charge is 0.311 e. The maximum absolute atomic E-state index is 2.48. The van der Waals surface area contributed by atoms with Gasteiger partial charge >= 0.3 is 0 Å². The Morgan fingerprint density at radius 2 is 1.02 bits per heavy atom. The fourth-order valence-electron chi connectivity index (χ4n) is 7.49. The van der Waals surface area contributed by atoms with Crippen LogP contribution in [0.5, 0.6) is 0 Å². The molecule has 0 aliphatic carbocycles. The van der Waals surface area contributed by atoms with E-state index in [1.165, 1.54) is 59.5 Å². The van der Waals surface area contributed by atoms with E-state index >= 15 is 0 Å². The van der Waals surface area contributed by atoms with Gasteiger partial charge in [0.2, 0.25) is 0 Å². The number of thiophene rings is 1. The lowest BCUT2D eigenvalue weighted by molar-refractivity contribution is 0.632. The molecule has 1 aromatic heterocycles. The third-order valence-electron chi connectivity index (χ3n) is 9.82. The second-order valence-corrected chi connectivity index (χ2v) is 14.1. The monoisotopic (exact) mass is 634 g/mol. The lowest BCUT2D eigenvalue weighted by Gasteiger charge is -2.42. The Hall–Kier alpha value is -5.64. The zero-order valence-electron chi connectivity index (χ0n) is 27.0. The molecule has 0 amide bonds. The van der Waals surface area contributed by atoms with Gasteiger partial charge in [0.15, 0.2) is 0 Å². The molecule has 7 aromatic carbocycles. The highest BCUT2D eigenvalue weighted by atomic mass is 32.1. The van der Waals surface area contributed by atoms with E-state index in [-0.39, 0.29) is 5.41 Å². The molecule has 0 N–H and O–H groups in total. The Labute approximate surface area is 285 Å². The summed E-state index contributed by atoms with van der Waals surface area (Å²) in [5, 5.41) is 2.60. The summed E-state index contributed by atoms with van der Waals surface area (Å²) in [5.74, 6) is 0. The first-order chi connectivity index (χ1) is 23.6. The quantitative estimate of drug-likeness (QED) is 0.186. The fourth-order valence-corrected chi connectivity index (χ4v) is 8.71. The van der Waals surface area contributed by atoms with Crippen molar-refractivity contribution in [1.29, 1.82) is 0 Å². The highest BCUT2D eigenvalue weighted by molar-refractivity contribution is 7.26. The van der Waals surface area contributed by atoms with Gasteiger partial charge in [0.05, 0.1) is 11.4 Å². The molecule has 0 bridgehead atoms. The molecular weight excluding hydrogens is 601 g/mol. The summed E-state index contributed by atoms with van der Waals surface area (Å²) in [6.07, 6.45) is 0. The number of para-hydroxylation sites is 4. The Balaban J connectivity index is 1.25. The van der Waals surface area contributed by atoms with Crippen molar-refractivity contribution in [2.24, 2.45) is 0 Å². The first kappa shape index (κ1) is 28.6. The van der Waals surface area contributed by atoms with Gasteiger partial charge in [-0.3, -0.25) is 0 Å². The van der Waals surface area contributed by atoms with E-state index in [2.05, 4.69) is 194 Å². The normalized spacial score (nSPS) is 13.3. The van der Waals surface area contributed by atoms with Crippen LogP contribution in [0.4, 0.5) is 34.1 Å². The standard InChI is InChI=1S/C45H34N2S/c1-45(2)39-20-10-12-22-41(39)47(42-23-13-11-21-40(42)45)35-29-37(44-38(30-35)36-19-9-14-24-43(36)48-44)31-25-27-34(28-26-31)46(32-15-5-3-6-16-32)33-17-7-4-8-18-33/h3-30H,1-2H3. The number of fused-ring (bicyclic) bond motifs is 5. The molecule has 1 aliphatic heterocycles. The first-order valence-electron chi connectivity index (χ1n) is 16.5. The van der Waals surface area contributed by atoms with Gasteiger partial charge < -0.3 is 9.80 Å². The van der Waals surface area contributed by atoms with Crippen molar-refractivity contribution >= 4 is 65.6 Å². The highest BCUT2D eigenvalue weighted by Gasteiger charge is 2.36. The van der Waals surface area contributed by atoms with Gasteiger partial charge in [0.1, 0.15) is 0 Å². The number of hydrogen-bond acceptors (Lipinski definition) is 3. The van der Waals surface area contributed by atoms with Crippen LogP contribution in [-0.4, -0.2) is 0 Å². The fraction of sp³-hybridized carbons (Fsp3) is 0.0667. The van der Waals surface area contributed by atoms with E-state index < -0.39 is 0 Å². The molecule has 3 heteroatoms. The van der Waals surface area contributed by atoms with Crippen LogP contribution in [0.25, 0.3) is 31.3 Å². The van der Waals surface area contributed by atoms with Crippen molar-refractivity contribution in [1.82, 2.24) is 0 Å². The highest BCUT2D eigenvalue weighted by Crippen LogP contribution is 2.53. The number of nitrogens with zero attached hydrogens (tertiary/aromatic N) is 2. The third-order valence-corrected chi connectivity index (χ3v) is 11.0. The smallest absolute Gasteiger partial charge is 0.0502 e. The van der Waals surface area contributed by atoms with Gasteiger partial charge in [-0.1, -0.05) is 117 Å². The molecule has 0 atom stereocenters. The van der Waals surface area contributed by atoms with Crippen LogP contribution < -0.4 is 9.80 Å². The molecule has 0 radical (unpaired) electrons.